The Morgan fingerprint density at radius 2 is 1.95 bits per heavy atom. The van der Waals surface area contributed by atoms with E-state index < -0.39 is 11.9 Å². The molecule has 0 radical (unpaired) electrons. The number of pyridine rings is 1. The molecular formula is C27H31F3N8. The van der Waals surface area contributed by atoms with Crippen molar-refractivity contribution in [3.63, 3.8) is 0 Å². The molecule has 8 nitrogen and oxygen atoms in total. The van der Waals surface area contributed by atoms with Gasteiger partial charge in [-0.2, -0.15) is 18.3 Å². The van der Waals surface area contributed by atoms with Gasteiger partial charge in [0.25, 0.3) is 0 Å². The van der Waals surface area contributed by atoms with Crippen LogP contribution in [-0.2, 0) is 13.2 Å². The number of hydrogen-bond donors (Lipinski definition) is 1. The molecular weight excluding hydrogens is 493 g/mol. The molecule has 4 heterocycles. The van der Waals surface area contributed by atoms with Gasteiger partial charge < -0.3 is 14.4 Å². The van der Waals surface area contributed by atoms with Crippen LogP contribution < -0.4 is 4.90 Å². The summed E-state index contributed by atoms with van der Waals surface area (Å²) in [6.07, 6.45) is 1.40. The fourth-order valence-corrected chi connectivity index (χ4v) is 5.88. The second-order valence-corrected chi connectivity index (χ2v) is 10.7. The molecule has 2 aliphatic rings. The molecule has 1 aromatic carbocycles. The highest BCUT2D eigenvalue weighted by atomic mass is 19.4. The number of aryl methyl sites for hydroxylation is 1. The van der Waals surface area contributed by atoms with Crippen molar-refractivity contribution in [2.75, 3.05) is 32.1 Å². The van der Waals surface area contributed by atoms with Crippen LogP contribution in [-0.4, -0.2) is 68.1 Å². The van der Waals surface area contributed by atoms with Gasteiger partial charge in [0.1, 0.15) is 29.1 Å². The van der Waals surface area contributed by atoms with Gasteiger partial charge in [-0.3, -0.25) is 5.10 Å². The van der Waals surface area contributed by atoms with Crippen molar-refractivity contribution >= 4 is 16.7 Å². The molecule has 1 aliphatic carbocycles. The lowest BCUT2D eigenvalue weighted by Crippen LogP contribution is -2.34. The van der Waals surface area contributed by atoms with E-state index in [0.717, 1.165) is 55.4 Å². The van der Waals surface area contributed by atoms with Gasteiger partial charge in [-0.25, -0.2) is 4.98 Å². The SMILES string of the molecule is CN1CCC(N(C)c2nc(C(F)(F)F)cc3c(-c4cccc(C(c5nncn5C)C5CCC5)c4)n[nH]c23)C1. The van der Waals surface area contributed by atoms with Gasteiger partial charge in [0.05, 0.1) is 0 Å². The van der Waals surface area contributed by atoms with Crippen molar-refractivity contribution in [2.24, 2.45) is 13.0 Å². The smallest absolute Gasteiger partial charge is 0.354 e. The molecule has 0 amide bonds. The molecule has 0 spiro atoms. The first-order chi connectivity index (χ1) is 18.2. The number of anilines is 1. The average Bonchev–Trinajstić information content (AvgIpc) is 3.59. The molecule has 4 aromatic rings. The lowest BCUT2D eigenvalue weighted by Gasteiger charge is -2.33. The van der Waals surface area contributed by atoms with Crippen molar-refractivity contribution in [3.05, 3.63) is 53.7 Å². The zero-order chi connectivity index (χ0) is 26.6. The van der Waals surface area contributed by atoms with Crippen LogP contribution in [0.3, 0.4) is 0 Å². The third-order valence-corrected chi connectivity index (χ3v) is 8.24. The first-order valence-electron chi connectivity index (χ1n) is 13.0. The summed E-state index contributed by atoms with van der Waals surface area (Å²) in [5.74, 6) is 1.69. The Hall–Kier alpha value is -3.47. The number of alkyl halides is 3. The van der Waals surface area contributed by atoms with E-state index in [4.69, 9.17) is 0 Å². The highest BCUT2D eigenvalue weighted by Crippen LogP contribution is 2.44. The molecule has 2 unspecified atom stereocenters. The van der Waals surface area contributed by atoms with Crippen LogP contribution in [0.5, 0.6) is 0 Å². The third kappa shape index (κ3) is 4.32. The lowest BCUT2D eigenvalue weighted by molar-refractivity contribution is -0.141. The quantitative estimate of drug-likeness (QED) is 0.389. The minimum absolute atomic E-state index is 0.0647. The summed E-state index contributed by atoms with van der Waals surface area (Å²) in [6, 6.07) is 9.14. The Balaban J connectivity index is 1.46. The minimum atomic E-state index is -4.58. The first kappa shape index (κ1) is 24.8. The maximum Gasteiger partial charge on any atom is 0.433 e. The average molecular weight is 525 g/mol. The maximum absolute atomic E-state index is 14.0. The zero-order valence-electron chi connectivity index (χ0n) is 21.7. The van der Waals surface area contributed by atoms with E-state index in [2.05, 4.69) is 36.3 Å². The minimum Gasteiger partial charge on any atom is -0.354 e. The molecule has 1 N–H and O–H groups in total. The standard InChI is InChI=1S/C27H31F3N8/c1-36-11-10-19(14-36)38(3)26-24-20(13-21(32-26)27(28,29)30)23(33-34-24)18-9-5-8-17(12-18)22(16-6-4-7-16)25-35-31-15-37(25)2/h5,8-9,12-13,15-16,19,22H,4,6-7,10-11,14H2,1-3H3,(H,33,34). The second-order valence-electron chi connectivity index (χ2n) is 10.7. The molecule has 2 atom stereocenters. The Labute approximate surface area is 218 Å². The Morgan fingerprint density at radius 1 is 1.13 bits per heavy atom. The summed E-state index contributed by atoms with van der Waals surface area (Å²) in [6.45, 7) is 1.66. The van der Waals surface area contributed by atoms with Gasteiger partial charge in [-0.1, -0.05) is 24.6 Å². The van der Waals surface area contributed by atoms with Gasteiger partial charge >= 0.3 is 6.18 Å². The normalized spacial score (nSPS) is 19.7. The number of nitrogens with zero attached hydrogens (tertiary/aromatic N) is 7. The van der Waals surface area contributed by atoms with E-state index in [1.54, 1.807) is 6.33 Å². The summed E-state index contributed by atoms with van der Waals surface area (Å²) in [5.41, 5.74) is 1.91. The first-order valence-corrected chi connectivity index (χ1v) is 13.0. The van der Waals surface area contributed by atoms with Crippen molar-refractivity contribution in [1.29, 1.82) is 0 Å². The van der Waals surface area contributed by atoms with Crippen LogP contribution in [0.1, 0.15) is 48.7 Å². The Kier molecular flexibility index (Phi) is 6.13. The molecule has 38 heavy (non-hydrogen) atoms. The second kappa shape index (κ2) is 9.37. The highest BCUT2D eigenvalue weighted by Gasteiger charge is 2.36. The number of aromatic nitrogens is 6. The van der Waals surface area contributed by atoms with Gasteiger partial charge in [0, 0.05) is 43.5 Å². The molecule has 1 saturated heterocycles. The van der Waals surface area contributed by atoms with Crippen molar-refractivity contribution in [2.45, 2.75) is 43.8 Å². The van der Waals surface area contributed by atoms with Crippen LogP contribution in [0.4, 0.5) is 19.0 Å². The topological polar surface area (TPSA) is 78.8 Å². The molecule has 1 saturated carbocycles. The number of benzene rings is 1. The van der Waals surface area contributed by atoms with Crippen LogP contribution in [0, 0.1) is 5.92 Å². The predicted molar refractivity (Wildman–Crippen MR) is 139 cm³/mol. The Morgan fingerprint density at radius 3 is 2.58 bits per heavy atom. The lowest BCUT2D eigenvalue weighted by atomic mass is 9.72. The number of aromatic amines is 1. The van der Waals surface area contributed by atoms with Gasteiger partial charge in [0.15, 0.2) is 5.82 Å². The van der Waals surface area contributed by atoms with E-state index in [1.165, 1.54) is 6.42 Å². The van der Waals surface area contributed by atoms with Crippen LogP contribution in [0.15, 0.2) is 36.7 Å². The van der Waals surface area contributed by atoms with E-state index in [-0.39, 0.29) is 17.8 Å². The van der Waals surface area contributed by atoms with Gasteiger partial charge in [-0.05, 0) is 56.5 Å². The number of hydrogen-bond acceptors (Lipinski definition) is 6. The van der Waals surface area contributed by atoms with E-state index in [1.807, 2.05) is 48.8 Å². The van der Waals surface area contributed by atoms with Crippen molar-refractivity contribution in [1.82, 2.24) is 34.8 Å². The molecule has 3 aromatic heterocycles. The number of rotatable bonds is 6. The van der Waals surface area contributed by atoms with Crippen LogP contribution in [0.2, 0.25) is 0 Å². The van der Waals surface area contributed by atoms with Crippen molar-refractivity contribution in [3.8, 4) is 11.3 Å². The monoisotopic (exact) mass is 524 g/mol. The fraction of sp³-hybridized carbons (Fsp3) is 0.481. The fourth-order valence-electron chi connectivity index (χ4n) is 5.88. The number of fused-ring (bicyclic) bond motifs is 1. The van der Waals surface area contributed by atoms with Crippen molar-refractivity contribution < 1.29 is 13.2 Å². The van der Waals surface area contributed by atoms with E-state index in [0.29, 0.717) is 22.5 Å². The summed E-state index contributed by atoms with van der Waals surface area (Å²) in [4.78, 5) is 8.11. The molecule has 1 aliphatic heterocycles. The van der Waals surface area contributed by atoms with E-state index in [9.17, 15) is 13.2 Å². The summed E-state index contributed by atoms with van der Waals surface area (Å²) >= 11 is 0. The number of nitrogens with one attached hydrogen (secondary N) is 1. The molecule has 0 bridgehead atoms. The van der Waals surface area contributed by atoms with Gasteiger partial charge in [0.2, 0.25) is 0 Å². The number of likely N-dealkylation sites (tertiary alicyclic amines) is 1. The summed E-state index contributed by atoms with van der Waals surface area (Å²) in [7, 11) is 5.77. The molecule has 6 rings (SSSR count). The predicted octanol–water partition coefficient (Wildman–Crippen LogP) is 4.84. The van der Waals surface area contributed by atoms with E-state index >= 15 is 0 Å². The number of H-pyrrole nitrogens is 1. The number of likely N-dealkylation sites (N-methyl/N-ethyl adjacent to an activating group) is 2. The molecule has 200 valence electrons. The Bertz CT molecular complexity index is 1450. The summed E-state index contributed by atoms with van der Waals surface area (Å²) < 4.78 is 44.0. The van der Waals surface area contributed by atoms with Gasteiger partial charge in [-0.15, -0.1) is 10.2 Å². The largest absolute Gasteiger partial charge is 0.433 e. The number of halogens is 3. The third-order valence-electron chi connectivity index (χ3n) is 8.24. The molecule has 2 fully saturated rings. The maximum atomic E-state index is 14.0. The zero-order valence-corrected chi connectivity index (χ0v) is 21.7. The highest BCUT2D eigenvalue weighted by molar-refractivity contribution is 5.99. The van der Waals surface area contributed by atoms with Crippen LogP contribution >= 0.6 is 0 Å². The molecule has 11 heteroatoms. The summed E-state index contributed by atoms with van der Waals surface area (Å²) in [5, 5.41) is 16.5. The van der Waals surface area contributed by atoms with Crippen LogP contribution in [0.25, 0.3) is 22.2 Å².